The average molecular weight is 205 g/mol. The molecule has 0 bridgehead atoms. The second-order valence-electron chi connectivity index (χ2n) is 3.38. The van der Waals surface area contributed by atoms with Crippen molar-refractivity contribution in [3.63, 3.8) is 0 Å². The number of ether oxygens (including phenoxy) is 1. The number of benzene rings is 1. The van der Waals surface area contributed by atoms with Gasteiger partial charge in [-0.1, -0.05) is 0 Å². The lowest BCUT2D eigenvalue weighted by Gasteiger charge is -2.05. The van der Waals surface area contributed by atoms with Gasteiger partial charge in [-0.3, -0.25) is 0 Å². The first kappa shape index (κ1) is 9.42. The number of hydrogen-bond acceptors (Lipinski definition) is 3. The molecule has 0 saturated heterocycles. The number of rotatable bonds is 3. The minimum absolute atomic E-state index is 0.130. The molecule has 1 aliphatic rings. The summed E-state index contributed by atoms with van der Waals surface area (Å²) >= 11 is 1.66. The average Bonchev–Trinajstić information content (AvgIpc) is 3.00. The first-order valence-corrected chi connectivity index (χ1v) is 5.34. The zero-order valence-electron chi connectivity index (χ0n) is 7.99. The summed E-state index contributed by atoms with van der Waals surface area (Å²) in [6.07, 6.45) is 2.03. The van der Waals surface area contributed by atoms with Crippen LogP contribution in [-0.4, -0.2) is 11.9 Å². The van der Waals surface area contributed by atoms with Crippen LogP contribution in [-0.2, 0) is 0 Å². The minimum atomic E-state index is -0.130. The summed E-state index contributed by atoms with van der Waals surface area (Å²) in [6.45, 7) is 0. The first-order chi connectivity index (χ1) is 6.78. The van der Waals surface area contributed by atoms with E-state index in [4.69, 9.17) is 10.00 Å². The van der Waals surface area contributed by atoms with Gasteiger partial charge in [-0.05, 0) is 37.1 Å². The lowest BCUT2D eigenvalue weighted by atomic mass is 10.3. The van der Waals surface area contributed by atoms with E-state index in [1.165, 1.54) is 0 Å². The van der Waals surface area contributed by atoms with Crippen molar-refractivity contribution >= 4 is 11.8 Å². The Kier molecular flexibility index (Phi) is 2.39. The summed E-state index contributed by atoms with van der Waals surface area (Å²) < 4.78 is 4.94. The van der Waals surface area contributed by atoms with Crippen LogP contribution >= 0.6 is 11.8 Å². The molecule has 0 radical (unpaired) electrons. The third kappa shape index (κ3) is 1.85. The number of nitrogens with zero attached hydrogens (tertiary/aromatic N) is 1. The largest absolute Gasteiger partial charge is 0.497 e. The molecule has 1 aromatic carbocycles. The van der Waals surface area contributed by atoms with Gasteiger partial charge in [0.05, 0.1) is 13.2 Å². The van der Waals surface area contributed by atoms with E-state index in [0.29, 0.717) is 0 Å². The van der Waals surface area contributed by atoms with Crippen LogP contribution in [0.2, 0.25) is 0 Å². The fourth-order valence-electron chi connectivity index (χ4n) is 1.22. The van der Waals surface area contributed by atoms with Crippen molar-refractivity contribution in [2.45, 2.75) is 22.5 Å². The van der Waals surface area contributed by atoms with E-state index in [2.05, 4.69) is 6.07 Å². The predicted molar refractivity (Wildman–Crippen MR) is 56.4 cm³/mol. The van der Waals surface area contributed by atoms with Crippen LogP contribution in [0.15, 0.2) is 29.2 Å². The summed E-state index contributed by atoms with van der Waals surface area (Å²) in [4.78, 5) is 1.14. The van der Waals surface area contributed by atoms with Gasteiger partial charge in [0.1, 0.15) is 10.5 Å². The Morgan fingerprint density at radius 3 is 2.43 bits per heavy atom. The molecule has 0 spiro atoms. The number of methoxy groups -OCH3 is 1. The lowest BCUT2D eigenvalue weighted by Crippen LogP contribution is -1.95. The van der Waals surface area contributed by atoms with Gasteiger partial charge < -0.3 is 4.74 Å². The van der Waals surface area contributed by atoms with Crippen LogP contribution in [0.25, 0.3) is 0 Å². The van der Waals surface area contributed by atoms with Gasteiger partial charge in [0.25, 0.3) is 0 Å². The standard InChI is InChI=1S/C11H11NOS/c1-13-9-2-4-10(5-3-9)14-11(8-12)6-7-11/h2-5H,6-7H2,1H3. The molecule has 1 aliphatic carbocycles. The summed E-state index contributed by atoms with van der Waals surface area (Å²) in [6, 6.07) is 10.2. The summed E-state index contributed by atoms with van der Waals surface area (Å²) in [5.41, 5.74) is 0. The van der Waals surface area contributed by atoms with Gasteiger partial charge in [0.15, 0.2) is 0 Å². The van der Waals surface area contributed by atoms with Gasteiger partial charge in [-0.15, -0.1) is 11.8 Å². The molecule has 1 saturated carbocycles. The van der Waals surface area contributed by atoms with E-state index in [1.807, 2.05) is 24.3 Å². The molecule has 0 aliphatic heterocycles. The number of thioether (sulfide) groups is 1. The highest BCUT2D eigenvalue weighted by molar-refractivity contribution is 8.01. The van der Waals surface area contributed by atoms with Crippen LogP contribution in [0.5, 0.6) is 5.75 Å². The van der Waals surface area contributed by atoms with Gasteiger partial charge in [0.2, 0.25) is 0 Å². The molecule has 2 rings (SSSR count). The molecule has 3 heteroatoms. The Morgan fingerprint density at radius 2 is 2.00 bits per heavy atom. The van der Waals surface area contributed by atoms with Crippen LogP contribution < -0.4 is 4.74 Å². The lowest BCUT2D eigenvalue weighted by molar-refractivity contribution is 0.414. The molecule has 1 fully saturated rings. The maximum absolute atomic E-state index is 8.92. The van der Waals surface area contributed by atoms with E-state index >= 15 is 0 Å². The number of nitriles is 1. The van der Waals surface area contributed by atoms with Gasteiger partial charge in [0, 0.05) is 4.90 Å². The summed E-state index contributed by atoms with van der Waals surface area (Å²) in [5, 5.41) is 8.92. The molecule has 0 amide bonds. The van der Waals surface area contributed by atoms with Crippen molar-refractivity contribution in [1.29, 1.82) is 5.26 Å². The fourth-order valence-corrected chi connectivity index (χ4v) is 2.29. The van der Waals surface area contributed by atoms with Crippen molar-refractivity contribution in [2.24, 2.45) is 0 Å². The molecule has 14 heavy (non-hydrogen) atoms. The monoisotopic (exact) mass is 205 g/mol. The normalized spacial score (nSPS) is 17.1. The zero-order valence-corrected chi connectivity index (χ0v) is 8.80. The van der Waals surface area contributed by atoms with Crippen molar-refractivity contribution in [3.8, 4) is 11.8 Å². The third-order valence-electron chi connectivity index (χ3n) is 2.28. The Balaban J connectivity index is 2.08. The van der Waals surface area contributed by atoms with Crippen molar-refractivity contribution in [1.82, 2.24) is 0 Å². The van der Waals surface area contributed by atoms with E-state index in [0.717, 1.165) is 23.5 Å². The highest BCUT2D eigenvalue weighted by atomic mass is 32.2. The molecule has 0 heterocycles. The maximum atomic E-state index is 8.92. The Bertz CT molecular complexity index is 362. The van der Waals surface area contributed by atoms with E-state index in [1.54, 1.807) is 18.9 Å². The van der Waals surface area contributed by atoms with Crippen LogP contribution in [0.3, 0.4) is 0 Å². The second kappa shape index (κ2) is 3.55. The zero-order chi connectivity index (χ0) is 10.0. The molecule has 2 nitrogen and oxygen atoms in total. The molecular weight excluding hydrogens is 194 g/mol. The molecular formula is C11H11NOS. The fraction of sp³-hybridized carbons (Fsp3) is 0.364. The van der Waals surface area contributed by atoms with E-state index in [9.17, 15) is 0 Å². The molecule has 0 aromatic heterocycles. The Morgan fingerprint density at radius 1 is 1.36 bits per heavy atom. The predicted octanol–water partition coefficient (Wildman–Crippen LogP) is 2.84. The van der Waals surface area contributed by atoms with Crippen molar-refractivity contribution in [3.05, 3.63) is 24.3 Å². The number of hydrogen-bond donors (Lipinski definition) is 0. The summed E-state index contributed by atoms with van der Waals surface area (Å²) in [7, 11) is 1.65. The van der Waals surface area contributed by atoms with Gasteiger partial charge in [-0.2, -0.15) is 5.26 Å². The Labute approximate surface area is 87.9 Å². The highest BCUT2D eigenvalue weighted by Crippen LogP contribution is 2.51. The highest BCUT2D eigenvalue weighted by Gasteiger charge is 2.44. The molecule has 0 atom stereocenters. The van der Waals surface area contributed by atoms with Crippen LogP contribution in [0.4, 0.5) is 0 Å². The maximum Gasteiger partial charge on any atom is 0.118 e. The van der Waals surface area contributed by atoms with Crippen molar-refractivity contribution in [2.75, 3.05) is 7.11 Å². The second-order valence-corrected chi connectivity index (χ2v) is 4.84. The smallest absolute Gasteiger partial charge is 0.118 e. The molecule has 1 aromatic rings. The Hall–Kier alpha value is -1.14. The quantitative estimate of drug-likeness (QED) is 0.760. The van der Waals surface area contributed by atoms with E-state index in [-0.39, 0.29) is 4.75 Å². The van der Waals surface area contributed by atoms with Gasteiger partial charge >= 0.3 is 0 Å². The topological polar surface area (TPSA) is 33.0 Å². The molecule has 72 valence electrons. The minimum Gasteiger partial charge on any atom is -0.497 e. The third-order valence-corrected chi connectivity index (χ3v) is 3.68. The van der Waals surface area contributed by atoms with Crippen LogP contribution in [0.1, 0.15) is 12.8 Å². The van der Waals surface area contributed by atoms with Gasteiger partial charge in [-0.25, -0.2) is 0 Å². The first-order valence-electron chi connectivity index (χ1n) is 4.52. The van der Waals surface area contributed by atoms with Crippen molar-refractivity contribution < 1.29 is 4.74 Å². The summed E-state index contributed by atoms with van der Waals surface area (Å²) in [5.74, 6) is 0.858. The van der Waals surface area contributed by atoms with Crippen LogP contribution in [0, 0.1) is 11.3 Å². The molecule has 0 N–H and O–H groups in total. The molecule has 0 unspecified atom stereocenters. The van der Waals surface area contributed by atoms with E-state index < -0.39 is 0 Å². The SMILES string of the molecule is COc1ccc(SC2(C#N)CC2)cc1.